The van der Waals surface area contributed by atoms with Gasteiger partial charge in [-0.3, -0.25) is 0 Å². The maximum atomic E-state index is 8.90. The molecule has 0 fully saturated rings. The van der Waals surface area contributed by atoms with Crippen molar-refractivity contribution in [2.24, 2.45) is 0 Å². The van der Waals surface area contributed by atoms with Crippen LogP contribution in [-0.4, -0.2) is 15.0 Å². The molecule has 0 spiro atoms. The van der Waals surface area contributed by atoms with Crippen LogP contribution < -0.4 is 0 Å². The van der Waals surface area contributed by atoms with Gasteiger partial charge in [0, 0.05) is 33.0 Å². The highest BCUT2D eigenvalue weighted by Crippen LogP contribution is 2.41. The summed E-state index contributed by atoms with van der Waals surface area (Å²) in [5.74, 6) is 1.21. The van der Waals surface area contributed by atoms with Gasteiger partial charge in [-0.2, -0.15) is 0 Å². The Balaban J connectivity index is 1.21. The summed E-state index contributed by atoms with van der Waals surface area (Å²) in [6, 6.07) is 39.2. The molecule has 0 aliphatic heterocycles. The van der Waals surface area contributed by atoms with E-state index in [0.29, 0.717) is 39.4 Å². The minimum absolute atomic E-state index is 0.0837. The summed E-state index contributed by atoms with van der Waals surface area (Å²) < 4.78 is 92.1. The lowest BCUT2D eigenvalue weighted by Crippen LogP contribution is -2.00. The Bertz CT molecular complexity index is 3430. The number of furan rings is 1. The molecular formula is C51H33N3O. The molecule has 258 valence electrons. The van der Waals surface area contributed by atoms with Crippen LogP contribution in [0.1, 0.15) is 13.7 Å². The molecule has 2 aromatic heterocycles. The van der Waals surface area contributed by atoms with Gasteiger partial charge in [-0.05, 0) is 81.4 Å². The molecule has 0 atom stereocenters. The first-order valence-corrected chi connectivity index (χ1v) is 17.6. The summed E-state index contributed by atoms with van der Waals surface area (Å²) >= 11 is 0. The molecule has 0 saturated heterocycles. The number of benzene rings is 8. The zero-order chi connectivity index (χ0) is 45.3. The normalized spacial score (nSPS) is 13.8. The molecule has 4 heteroatoms. The van der Waals surface area contributed by atoms with Crippen molar-refractivity contribution < 1.29 is 18.1 Å². The fourth-order valence-corrected chi connectivity index (χ4v) is 6.83. The molecule has 0 saturated carbocycles. The average Bonchev–Trinajstić information content (AvgIpc) is 3.72. The highest BCUT2D eigenvalue weighted by atomic mass is 16.3. The highest BCUT2D eigenvalue weighted by molar-refractivity contribution is 6.12. The fourth-order valence-electron chi connectivity index (χ4n) is 6.83. The molecule has 0 N–H and O–H groups in total. The molecule has 4 nitrogen and oxygen atoms in total. The van der Waals surface area contributed by atoms with Crippen LogP contribution >= 0.6 is 0 Å². The van der Waals surface area contributed by atoms with Gasteiger partial charge in [-0.25, -0.2) is 15.0 Å². The van der Waals surface area contributed by atoms with Crippen molar-refractivity contribution in [2.75, 3.05) is 0 Å². The summed E-state index contributed by atoms with van der Waals surface area (Å²) in [6.07, 6.45) is 0. The lowest BCUT2D eigenvalue weighted by atomic mass is 9.95. The summed E-state index contributed by atoms with van der Waals surface area (Å²) in [7, 11) is 0. The number of nitrogens with zero attached hydrogens (tertiary/aromatic N) is 3. The smallest absolute Gasteiger partial charge is 0.164 e. The van der Waals surface area contributed by atoms with Crippen molar-refractivity contribution in [1.29, 1.82) is 0 Å². The summed E-state index contributed by atoms with van der Waals surface area (Å²) in [5.41, 5.74) is 6.58. The topological polar surface area (TPSA) is 51.8 Å². The second kappa shape index (κ2) is 13.8. The predicted octanol–water partition coefficient (Wildman–Crippen LogP) is 13.4. The van der Waals surface area contributed by atoms with E-state index in [9.17, 15) is 0 Å². The largest absolute Gasteiger partial charge is 0.455 e. The monoisotopic (exact) mass is 713 g/mol. The van der Waals surface area contributed by atoms with E-state index in [1.807, 2.05) is 72.8 Å². The van der Waals surface area contributed by atoms with Crippen molar-refractivity contribution in [1.82, 2.24) is 15.0 Å². The number of hydrogen-bond acceptors (Lipinski definition) is 4. The third-order valence-electron chi connectivity index (χ3n) is 9.46. The van der Waals surface area contributed by atoms with Gasteiger partial charge >= 0.3 is 0 Å². The zero-order valence-electron chi connectivity index (χ0n) is 39.0. The molecule has 10 rings (SSSR count). The predicted molar refractivity (Wildman–Crippen MR) is 225 cm³/mol. The van der Waals surface area contributed by atoms with E-state index in [-0.39, 0.29) is 27.8 Å². The van der Waals surface area contributed by atoms with Crippen LogP contribution in [-0.2, 0) is 0 Å². The van der Waals surface area contributed by atoms with Crippen LogP contribution in [0.15, 0.2) is 204 Å². The Hall–Kier alpha value is -7.43. The van der Waals surface area contributed by atoms with Crippen LogP contribution in [0.25, 0.3) is 101 Å². The zero-order valence-corrected chi connectivity index (χ0v) is 29.0. The Morgan fingerprint density at radius 3 is 1.44 bits per heavy atom. The molecule has 2 heterocycles. The molecule has 0 aliphatic rings. The number of aromatic nitrogens is 3. The molecule has 55 heavy (non-hydrogen) atoms. The maximum absolute atomic E-state index is 8.90. The molecule has 0 unspecified atom stereocenters. The van der Waals surface area contributed by atoms with Crippen molar-refractivity contribution >= 4 is 21.9 Å². The van der Waals surface area contributed by atoms with Gasteiger partial charge in [0.2, 0.25) is 0 Å². The van der Waals surface area contributed by atoms with E-state index in [0.717, 1.165) is 33.4 Å². The van der Waals surface area contributed by atoms with Gasteiger partial charge in [-0.15, -0.1) is 0 Å². The third kappa shape index (κ3) is 6.26. The number of fused-ring (bicyclic) bond motifs is 3. The molecular weight excluding hydrogens is 671 g/mol. The number of hydrogen-bond donors (Lipinski definition) is 0. The SMILES string of the molecule is [2H]c1c([2H])c([2H])c(-c2cc(-c3c([2H])c([2H])c([2H])c([2H])c3[2H])c3oc4cc(-c5nc(-c6ccccc6)nc(-c6cc(-c7ccccc7)cc(-c7ccccc7)c6)n5)ccc4c3c2)c([2H])c1[2H]. The van der Waals surface area contributed by atoms with Crippen LogP contribution in [0.5, 0.6) is 0 Å². The maximum Gasteiger partial charge on any atom is 0.164 e. The van der Waals surface area contributed by atoms with Crippen LogP contribution in [0.2, 0.25) is 0 Å². The van der Waals surface area contributed by atoms with Crippen LogP contribution in [0.4, 0.5) is 0 Å². The minimum atomic E-state index is -0.578. The van der Waals surface area contributed by atoms with E-state index in [4.69, 9.17) is 33.1 Å². The van der Waals surface area contributed by atoms with Gasteiger partial charge in [0.1, 0.15) is 11.2 Å². The standard InChI is InChI=1S/C51H33N3O/c1-6-16-34(17-7-1)40-28-41(35-18-8-2-9-19-35)30-43(29-40)51-53-49(38-24-14-5-15-25-38)52-50(54-51)39-26-27-44-46-32-42(36-20-10-3-11-21-36)31-45(37-22-12-4-13-23-37)48(46)55-47(44)33-39/h1-33H/i3D,4D,10D,11D,12D,13D,20D,21D,22D,23D. The first kappa shape index (κ1) is 23.3. The van der Waals surface area contributed by atoms with Crippen LogP contribution in [0, 0.1) is 0 Å². The first-order valence-electron chi connectivity index (χ1n) is 22.6. The van der Waals surface area contributed by atoms with E-state index < -0.39 is 60.4 Å². The fraction of sp³-hybridized carbons (Fsp3) is 0. The van der Waals surface area contributed by atoms with E-state index in [1.165, 1.54) is 6.07 Å². The molecule has 8 aromatic carbocycles. The van der Waals surface area contributed by atoms with Crippen molar-refractivity contribution in [3.8, 4) is 78.7 Å². The molecule has 10 aromatic rings. The molecule has 0 radical (unpaired) electrons. The molecule has 0 aliphatic carbocycles. The summed E-state index contributed by atoms with van der Waals surface area (Å²) in [5, 5.41) is 0.970. The minimum Gasteiger partial charge on any atom is -0.455 e. The average molecular weight is 714 g/mol. The second-order valence-corrected chi connectivity index (χ2v) is 12.9. The number of rotatable bonds is 7. The Morgan fingerprint density at radius 2 is 0.836 bits per heavy atom. The van der Waals surface area contributed by atoms with Gasteiger partial charge in [-0.1, -0.05) is 157 Å². The highest BCUT2D eigenvalue weighted by Gasteiger charge is 2.19. The van der Waals surface area contributed by atoms with Crippen LogP contribution in [0.3, 0.4) is 0 Å². The molecule has 0 bridgehead atoms. The lowest BCUT2D eigenvalue weighted by Gasteiger charge is -2.12. The van der Waals surface area contributed by atoms with Crippen molar-refractivity contribution in [2.45, 2.75) is 0 Å². The summed E-state index contributed by atoms with van der Waals surface area (Å²) in [6.45, 7) is 0. The lowest BCUT2D eigenvalue weighted by molar-refractivity contribution is 0.670. The first-order chi connectivity index (χ1) is 31.4. The second-order valence-electron chi connectivity index (χ2n) is 12.9. The Kier molecular flexibility index (Phi) is 5.86. The van der Waals surface area contributed by atoms with Gasteiger partial charge in [0.05, 0.1) is 13.7 Å². The molecule has 0 amide bonds. The van der Waals surface area contributed by atoms with Gasteiger partial charge in [0.15, 0.2) is 17.5 Å². The van der Waals surface area contributed by atoms with E-state index >= 15 is 0 Å². The van der Waals surface area contributed by atoms with Gasteiger partial charge < -0.3 is 4.42 Å². The quantitative estimate of drug-likeness (QED) is 0.165. The Labute approximate surface area is 333 Å². The van der Waals surface area contributed by atoms with E-state index in [2.05, 4.69) is 42.5 Å². The van der Waals surface area contributed by atoms with Crippen molar-refractivity contribution in [3.05, 3.63) is 200 Å². The van der Waals surface area contributed by atoms with Gasteiger partial charge in [0.25, 0.3) is 0 Å². The third-order valence-corrected chi connectivity index (χ3v) is 9.46. The van der Waals surface area contributed by atoms with E-state index in [1.54, 1.807) is 18.2 Å². The van der Waals surface area contributed by atoms with Crippen molar-refractivity contribution in [3.63, 3.8) is 0 Å². The Morgan fingerprint density at radius 1 is 0.345 bits per heavy atom. The summed E-state index contributed by atoms with van der Waals surface area (Å²) in [4.78, 5) is 15.1.